The van der Waals surface area contributed by atoms with Crippen molar-refractivity contribution in [2.45, 2.75) is 18.6 Å². The first-order chi connectivity index (χ1) is 4.18. The van der Waals surface area contributed by atoms with Crippen LogP contribution in [0.2, 0.25) is 5.21 Å². The van der Waals surface area contributed by atoms with Crippen molar-refractivity contribution in [3.63, 3.8) is 0 Å². The van der Waals surface area contributed by atoms with Crippen molar-refractivity contribution in [1.82, 2.24) is 0 Å². The normalized spacial score (nSPS) is 11.6. The molecule has 3 heteroatoms. The van der Waals surface area contributed by atoms with Gasteiger partial charge in [0.15, 0.2) is 0 Å². The Kier molecular flexibility index (Phi) is 4.51. The van der Waals surface area contributed by atoms with Crippen molar-refractivity contribution in [3.05, 3.63) is 11.6 Å². The summed E-state index contributed by atoms with van der Waals surface area (Å²) >= 11 is 1.63. The number of hydrogen-bond acceptors (Lipinski definition) is 1. The Bertz CT molecular complexity index is 129. The van der Waals surface area contributed by atoms with E-state index in [4.69, 9.17) is 5.11 Å². The topological polar surface area (TPSA) is 37.3 Å². The number of aliphatic carboxylic acids is 1. The molecule has 0 saturated carbocycles. The summed E-state index contributed by atoms with van der Waals surface area (Å²) in [5.74, 6) is -0.809. The van der Waals surface area contributed by atoms with Crippen LogP contribution >= 0.6 is 0 Å². The average molecular weight is 190 g/mol. The van der Waals surface area contributed by atoms with E-state index in [2.05, 4.69) is 0 Å². The molecule has 0 fully saturated rings. The molecule has 0 heterocycles. The van der Waals surface area contributed by atoms with Gasteiger partial charge in [0.1, 0.15) is 0 Å². The molecule has 1 atom stereocenters. The average Bonchev–Trinajstić information content (AvgIpc) is 1.82. The third-order valence-electron chi connectivity index (χ3n) is 0.955. The Labute approximate surface area is 63.5 Å². The maximum atomic E-state index is 10.1. The molecular formula is C6H11AsO2. The third kappa shape index (κ3) is 4.28. The molecule has 2 nitrogen and oxygen atoms in total. The standard InChI is InChI=1S/C6H11AsO2/c1-5(6(8)9)3-2-4-7/h3H,2,4,7H2,1H3,(H,8,9)/b5-3+. The van der Waals surface area contributed by atoms with Gasteiger partial charge in [-0.2, -0.15) is 0 Å². The monoisotopic (exact) mass is 190 g/mol. The van der Waals surface area contributed by atoms with Gasteiger partial charge in [-0.3, -0.25) is 0 Å². The summed E-state index contributed by atoms with van der Waals surface area (Å²) in [4.78, 5) is 10.1. The van der Waals surface area contributed by atoms with E-state index in [-0.39, 0.29) is 0 Å². The summed E-state index contributed by atoms with van der Waals surface area (Å²) in [5, 5.41) is 9.41. The van der Waals surface area contributed by atoms with Crippen LogP contribution in [-0.4, -0.2) is 27.9 Å². The van der Waals surface area contributed by atoms with E-state index in [0.717, 1.165) is 11.6 Å². The predicted octanol–water partition coefficient (Wildman–Crippen LogP) is 0.459. The Morgan fingerprint density at radius 3 is 2.67 bits per heavy atom. The van der Waals surface area contributed by atoms with E-state index in [1.54, 1.807) is 29.9 Å². The van der Waals surface area contributed by atoms with Crippen LogP contribution in [0, 0.1) is 0 Å². The minimum atomic E-state index is -0.809. The fourth-order valence-electron chi connectivity index (χ4n) is 0.387. The third-order valence-corrected chi connectivity index (χ3v) is 1.65. The van der Waals surface area contributed by atoms with E-state index < -0.39 is 5.97 Å². The number of carbonyl (C=O) groups is 1. The molecule has 0 aliphatic carbocycles. The minimum absolute atomic E-state index is 0.452. The van der Waals surface area contributed by atoms with Crippen LogP contribution in [0.25, 0.3) is 0 Å². The molecule has 0 aromatic rings. The molecule has 0 aromatic carbocycles. The molecule has 0 radical (unpaired) electrons. The molecule has 0 aliphatic heterocycles. The Balaban J connectivity index is 3.69. The SMILES string of the molecule is C/C(=C\CC[AsH2])C(=O)O. The second kappa shape index (κ2) is 4.63. The van der Waals surface area contributed by atoms with Gasteiger partial charge in [-0.15, -0.1) is 0 Å². The number of carboxylic acid groups (broad SMARTS) is 1. The molecule has 1 N–H and O–H groups in total. The Morgan fingerprint density at radius 2 is 2.33 bits per heavy atom. The molecular weight excluding hydrogens is 179 g/mol. The first-order valence-electron chi connectivity index (χ1n) is 2.78. The van der Waals surface area contributed by atoms with Crippen molar-refractivity contribution in [3.8, 4) is 0 Å². The van der Waals surface area contributed by atoms with Gasteiger partial charge in [0.2, 0.25) is 0 Å². The van der Waals surface area contributed by atoms with Gasteiger partial charge in [0, 0.05) is 0 Å². The summed E-state index contributed by atoms with van der Waals surface area (Å²) in [6, 6.07) is 0. The quantitative estimate of drug-likeness (QED) is 0.518. The van der Waals surface area contributed by atoms with E-state index in [1.807, 2.05) is 0 Å². The fourth-order valence-corrected chi connectivity index (χ4v) is 0.737. The molecule has 52 valence electrons. The fraction of sp³-hybridized carbons (Fsp3) is 0.500. The molecule has 0 spiro atoms. The number of allylic oxidation sites excluding steroid dienone is 1. The second-order valence-corrected chi connectivity index (χ2v) is 2.98. The van der Waals surface area contributed by atoms with Gasteiger partial charge in [0.25, 0.3) is 0 Å². The summed E-state index contributed by atoms with van der Waals surface area (Å²) in [6.07, 6.45) is 2.64. The number of hydrogen-bond donors (Lipinski definition) is 1. The van der Waals surface area contributed by atoms with E-state index in [9.17, 15) is 4.79 Å². The van der Waals surface area contributed by atoms with Crippen LogP contribution in [-0.2, 0) is 4.79 Å². The molecule has 0 aromatic heterocycles. The molecule has 0 amide bonds. The van der Waals surface area contributed by atoms with Crippen molar-refractivity contribution >= 4 is 22.8 Å². The zero-order valence-corrected chi connectivity index (χ0v) is 7.85. The van der Waals surface area contributed by atoms with Crippen LogP contribution in [0.1, 0.15) is 13.3 Å². The van der Waals surface area contributed by atoms with Crippen LogP contribution in [0.5, 0.6) is 0 Å². The van der Waals surface area contributed by atoms with Gasteiger partial charge in [-0.05, 0) is 0 Å². The van der Waals surface area contributed by atoms with E-state index in [0.29, 0.717) is 5.57 Å². The summed E-state index contributed by atoms with van der Waals surface area (Å²) in [7, 11) is 0. The van der Waals surface area contributed by atoms with Crippen molar-refractivity contribution < 1.29 is 9.90 Å². The summed E-state index contributed by atoms with van der Waals surface area (Å²) < 4.78 is 0. The Hall–Kier alpha value is -0.232. The zero-order chi connectivity index (χ0) is 7.28. The molecule has 0 saturated heterocycles. The first-order valence-corrected chi connectivity index (χ1v) is 4.50. The predicted molar refractivity (Wildman–Crippen MR) is 39.4 cm³/mol. The number of carboxylic acids is 1. The maximum absolute atomic E-state index is 10.1. The van der Waals surface area contributed by atoms with Crippen LogP contribution in [0.3, 0.4) is 0 Å². The van der Waals surface area contributed by atoms with Crippen molar-refractivity contribution in [1.29, 1.82) is 0 Å². The van der Waals surface area contributed by atoms with Crippen LogP contribution in [0.15, 0.2) is 11.6 Å². The second-order valence-electron chi connectivity index (χ2n) is 1.77. The Morgan fingerprint density at radius 1 is 1.78 bits per heavy atom. The zero-order valence-electron chi connectivity index (χ0n) is 5.42. The van der Waals surface area contributed by atoms with Crippen molar-refractivity contribution in [2.24, 2.45) is 0 Å². The summed E-state index contributed by atoms with van der Waals surface area (Å²) in [6.45, 7) is 1.62. The molecule has 9 heavy (non-hydrogen) atoms. The molecule has 0 aliphatic rings. The van der Waals surface area contributed by atoms with E-state index in [1.165, 1.54) is 0 Å². The van der Waals surface area contributed by atoms with Crippen molar-refractivity contribution in [2.75, 3.05) is 0 Å². The van der Waals surface area contributed by atoms with Crippen LogP contribution < -0.4 is 0 Å². The summed E-state index contributed by atoms with van der Waals surface area (Å²) in [5.41, 5.74) is 0.452. The van der Waals surface area contributed by atoms with Gasteiger partial charge >= 0.3 is 62.9 Å². The number of rotatable bonds is 3. The van der Waals surface area contributed by atoms with Gasteiger partial charge in [-0.1, -0.05) is 0 Å². The molecule has 0 rings (SSSR count). The first kappa shape index (κ1) is 8.77. The van der Waals surface area contributed by atoms with Gasteiger partial charge in [0.05, 0.1) is 0 Å². The van der Waals surface area contributed by atoms with Gasteiger partial charge < -0.3 is 0 Å². The molecule has 0 bridgehead atoms. The van der Waals surface area contributed by atoms with E-state index >= 15 is 0 Å². The molecule has 1 unspecified atom stereocenters. The van der Waals surface area contributed by atoms with Gasteiger partial charge in [-0.25, -0.2) is 0 Å². The van der Waals surface area contributed by atoms with Crippen LogP contribution in [0.4, 0.5) is 0 Å².